The van der Waals surface area contributed by atoms with Crippen molar-refractivity contribution in [1.82, 2.24) is 19.9 Å². The molecule has 0 saturated carbocycles. The van der Waals surface area contributed by atoms with E-state index in [1.165, 1.54) is 4.88 Å². The maximum atomic E-state index is 4.43. The van der Waals surface area contributed by atoms with Crippen LogP contribution in [0.1, 0.15) is 37.2 Å². The maximum Gasteiger partial charge on any atom is 0.122 e. The molecule has 0 aliphatic heterocycles. The summed E-state index contributed by atoms with van der Waals surface area (Å²) >= 11 is 1.73. The summed E-state index contributed by atoms with van der Waals surface area (Å²) in [6, 6.07) is 0. The molecule has 0 radical (unpaired) electrons. The highest BCUT2D eigenvalue weighted by Crippen LogP contribution is 2.14. The Balaban J connectivity index is 1.94. The molecule has 0 unspecified atom stereocenters. The van der Waals surface area contributed by atoms with Crippen LogP contribution in [0.4, 0.5) is 0 Å². The minimum absolute atomic E-state index is 0.116. The molecule has 0 aromatic carbocycles. The average Bonchev–Trinajstić information content (AvgIpc) is 2.91. The lowest BCUT2D eigenvalue weighted by atomic mass is 10.1. The highest BCUT2D eigenvalue weighted by molar-refractivity contribution is 7.09. The molecule has 0 aliphatic carbocycles. The number of aromatic nitrogens is 3. The van der Waals surface area contributed by atoms with Crippen molar-refractivity contribution >= 4 is 11.3 Å². The summed E-state index contributed by atoms with van der Waals surface area (Å²) in [6.07, 6.45) is 4.95. The van der Waals surface area contributed by atoms with Crippen LogP contribution >= 0.6 is 11.3 Å². The van der Waals surface area contributed by atoms with Crippen LogP contribution in [0.15, 0.2) is 17.9 Å². The summed E-state index contributed by atoms with van der Waals surface area (Å²) in [7, 11) is 0. The third kappa shape index (κ3) is 4.14. The van der Waals surface area contributed by atoms with Gasteiger partial charge in [-0.2, -0.15) is 0 Å². The lowest BCUT2D eigenvalue weighted by Gasteiger charge is -2.20. The second-order valence-electron chi connectivity index (χ2n) is 5.75. The highest BCUT2D eigenvalue weighted by atomic mass is 32.1. The third-order valence-corrected chi connectivity index (χ3v) is 4.00. The Labute approximate surface area is 118 Å². The van der Waals surface area contributed by atoms with Crippen molar-refractivity contribution in [2.45, 2.75) is 52.7 Å². The zero-order valence-electron chi connectivity index (χ0n) is 12.1. The predicted molar refractivity (Wildman–Crippen MR) is 79.4 cm³/mol. The van der Waals surface area contributed by atoms with Gasteiger partial charge < -0.3 is 9.88 Å². The number of nitrogens with one attached hydrogen (secondary N) is 1. The van der Waals surface area contributed by atoms with Crippen molar-refractivity contribution in [3.8, 4) is 0 Å². The van der Waals surface area contributed by atoms with Gasteiger partial charge in [-0.25, -0.2) is 9.97 Å². The van der Waals surface area contributed by atoms with Gasteiger partial charge in [0.25, 0.3) is 0 Å². The molecule has 1 N–H and O–H groups in total. The first-order chi connectivity index (χ1) is 8.96. The lowest BCUT2D eigenvalue weighted by molar-refractivity contribution is 0.411. The summed E-state index contributed by atoms with van der Waals surface area (Å²) in [5.41, 5.74) is 3.19. The molecule has 2 rings (SSSR count). The summed E-state index contributed by atoms with van der Waals surface area (Å²) in [6.45, 7) is 10.3. The molecule has 2 aromatic rings. The maximum absolute atomic E-state index is 4.43. The molecule has 2 heterocycles. The number of aryl methyl sites for hydroxylation is 3. The Hall–Kier alpha value is -1.20. The Kier molecular flexibility index (Phi) is 4.37. The van der Waals surface area contributed by atoms with Gasteiger partial charge in [0.2, 0.25) is 0 Å². The molecule has 0 atom stereocenters. The van der Waals surface area contributed by atoms with Crippen molar-refractivity contribution < 1.29 is 0 Å². The summed E-state index contributed by atoms with van der Waals surface area (Å²) in [5.74, 6) is 1.09. The summed E-state index contributed by atoms with van der Waals surface area (Å²) in [4.78, 5) is 10.1. The molecule has 0 aliphatic rings. The van der Waals surface area contributed by atoms with Crippen LogP contribution in [-0.4, -0.2) is 20.1 Å². The van der Waals surface area contributed by atoms with E-state index in [4.69, 9.17) is 0 Å². The second-order valence-corrected chi connectivity index (χ2v) is 6.69. The molecule has 2 aromatic heterocycles. The van der Waals surface area contributed by atoms with Gasteiger partial charge >= 0.3 is 0 Å². The highest BCUT2D eigenvalue weighted by Gasteiger charge is 2.11. The van der Waals surface area contributed by atoms with Crippen molar-refractivity contribution in [1.29, 1.82) is 0 Å². The first-order valence-electron chi connectivity index (χ1n) is 6.60. The molecule has 104 valence electrons. The Morgan fingerprint density at radius 1 is 1.32 bits per heavy atom. The minimum Gasteiger partial charge on any atom is -0.334 e. The average molecular weight is 278 g/mol. The molecular weight excluding hydrogens is 256 g/mol. The van der Waals surface area contributed by atoms with Crippen LogP contribution in [-0.2, 0) is 19.5 Å². The zero-order chi connectivity index (χ0) is 13.9. The van der Waals surface area contributed by atoms with Gasteiger partial charge in [-0.15, -0.1) is 11.3 Å². The van der Waals surface area contributed by atoms with Crippen LogP contribution in [0.2, 0.25) is 0 Å². The molecule has 0 bridgehead atoms. The van der Waals surface area contributed by atoms with E-state index in [1.54, 1.807) is 11.3 Å². The number of thiazole rings is 1. The van der Waals surface area contributed by atoms with E-state index < -0.39 is 0 Å². The SMILES string of the molecule is Cc1ncsc1CCn1ccnc1CNC(C)(C)C. The molecule has 4 nitrogen and oxygen atoms in total. The number of nitrogens with zero attached hydrogens (tertiary/aromatic N) is 3. The van der Waals surface area contributed by atoms with Crippen LogP contribution in [0.5, 0.6) is 0 Å². The number of hydrogen-bond donors (Lipinski definition) is 1. The van der Waals surface area contributed by atoms with Crippen molar-refractivity contribution in [3.05, 3.63) is 34.3 Å². The van der Waals surface area contributed by atoms with Gasteiger partial charge in [0.15, 0.2) is 0 Å². The van der Waals surface area contributed by atoms with Crippen LogP contribution in [0.3, 0.4) is 0 Å². The minimum atomic E-state index is 0.116. The lowest BCUT2D eigenvalue weighted by Crippen LogP contribution is -2.36. The molecule has 0 fully saturated rings. The monoisotopic (exact) mass is 278 g/mol. The third-order valence-electron chi connectivity index (χ3n) is 3.00. The Morgan fingerprint density at radius 2 is 2.11 bits per heavy atom. The van der Waals surface area contributed by atoms with Gasteiger partial charge in [-0.1, -0.05) is 0 Å². The van der Waals surface area contributed by atoms with Gasteiger partial charge in [-0.3, -0.25) is 0 Å². The summed E-state index contributed by atoms with van der Waals surface area (Å²) in [5, 5.41) is 3.48. The molecule has 0 amide bonds. The van der Waals surface area contributed by atoms with E-state index in [2.05, 4.69) is 53.7 Å². The van der Waals surface area contributed by atoms with Gasteiger partial charge in [-0.05, 0) is 27.7 Å². The molecule has 5 heteroatoms. The van der Waals surface area contributed by atoms with Crippen LogP contribution in [0, 0.1) is 6.92 Å². The normalized spacial score (nSPS) is 12.0. The van der Waals surface area contributed by atoms with E-state index in [9.17, 15) is 0 Å². The fourth-order valence-electron chi connectivity index (χ4n) is 1.84. The fourth-order valence-corrected chi connectivity index (χ4v) is 2.61. The number of rotatable bonds is 5. The topological polar surface area (TPSA) is 42.7 Å². The molecule has 0 saturated heterocycles. The quantitative estimate of drug-likeness (QED) is 0.914. The molecule has 0 spiro atoms. The Bertz CT molecular complexity index is 522. The van der Waals surface area contributed by atoms with Crippen molar-refractivity contribution in [2.75, 3.05) is 0 Å². The zero-order valence-corrected chi connectivity index (χ0v) is 12.9. The largest absolute Gasteiger partial charge is 0.334 e. The smallest absolute Gasteiger partial charge is 0.122 e. The van der Waals surface area contributed by atoms with E-state index in [1.807, 2.05) is 11.7 Å². The Morgan fingerprint density at radius 3 is 2.74 bits per heavy atom. The second kappa shape index (κ2) is 5.84. The van der Waals surface area contributed by atoms with Crippen molar-refractivity contribution in [2.24, 2.45) is 0 Å². The summed E-state index contributed by atoms with van der Waals surface area (Å²) < 4.78 is 2.22. The van der Waals surface area contributed by atoms with E-state index in [0.717, 1.165) is 31.0 Å². The standard InChI is InChI=1S/C14H22N4S/c1-11-12(19-10-16-11)5-7-18-8-6-15-13(18)9-17-14(2,3)4/h6,8,10,17H,5,7,9H2,1-4H3. The van der Waals surface area contributed by atoms with Gasteiger partial charge in [0.1, 0.15) is 5.82 Å². The van der Waals surface area contributed by atoms with Crippen LogP contribution in [0.25, 0.3) is 0 Å². The first-order valence-corrected chi connectivity index (χ1v) is 7.48. The van der Waals surface area contributed by atoms with E-state index in [0.29, 0.717) is 0 Å². The molecule has 19 heavy (non-hydrogen) atoms. The first kappa shape index (κ1) is 14.2. The van der Waals surface area contributed by atoms with E-state index >= 15 is 0 Å². The van der Waals surface area contributed by atoms with Crippen LogP contribution < -0.4 is 5.32 Å². The number of hydrogen-bond acceptors (Lipinski definition) is 4. The molecular formula is C14H22N4S. The fraction of sp³-hybridized carbons (Fsp3) is 0.571. The predicted octanol–water partition coefficient (Wildman–Crippen LogP) is 2.78. The van der Waals surface area contributed by atoms with Crippen molar-refractivity contribution in [3.63, 3.8) is 0 Å². The van der Waals surface area contributed by atoms with E-state index in [-0.39, 0.29) is 5.54 Å². The van der Waals surface area contributed by atoms with Gasteiger partial charge in [0, 0.05) is 35.8 Å². The van der Waals surface area contributed by atoms with Gasteiger partial charge in [0.05, 0.1) is 17.7 Å². The number of imidazole rings is 1.